The standard InChI is InChI=1S/C15H16ClFN2O2/c16-10-4-5-12(11(17)9-10)19-8-6-14(20)18-7-2-1-3-13(18)15(19)21/h4-5,9,13H,1-3,6-8H2. The lowest BCUT2D eigenvalue weighted by Gasteiger charge is -2.34. The molecule has 0 aromatic heterocycles. The quantitative estimate of drug-likeness (QED) is 0.800. The number of carbonyl (C=O) groups excluding carboxylic acids is 2. The first-order chi connectivity index (χ1) is 10.1. The van der Waals surface area contributed by atoms with Gasteiger partial charge < -0.3 is 9.80 Å². The van der Waals surface area contributed by atoms with Crippen LogP contribution in [-0.4, -0.2) is 35.8 Å². The zero-order valence-corrected chi connectivity index (χ0v) is 12.3. The molecular weight excluding hydrogens is 295 g/mol. The maximum absolute atomic E-state index is 14.1. The first kappa shape index (κ1) is 14.3. The van der Waals surface area contributed by atoms with Crippen molar-refractivity contribution in [2.24, 2.45) is 0 Å². The lowest BCUT2D eigenvalue weighted by molar-refractivity contribution is -0.139. The molecule has 0 N–H and O–H groups in total. The molecule has 0 bridgehead atoms. The van der Waals surface area contributed by atoms with E-state index in [0.29, 0.717) is 13.0 Å². The predicted octanol–water partition coefficient (Wildman–Crippen LogP) is 2.60. The SMILES string of the molecule is O=C1C2CCCCN2C(=O)CCN1c1ccc(Cl)cc1F. The molecule has 0 spiro atoms. The predicted molar refractivity (Wildman–Crippen MR) is 77.7 cm³/mol. The highest BCUT2D eigenvalue weighted by Crippen LogP contribution is 2.29. The number of benzene rings is 1. The maximum atomic E-state index is 14.1. The van der Waals surface area contributed by atoms with E-state index in [4.69, 9.17) is 11.6 Å². The summed E-state index contributed by atoms with van der Waals surface area (Å²) >= 11 is 5.75. The molecule has 2 aliphatic heterocycles. The number of fused-ring (bicyclic) bond motifs is 1. The van der Waals surface area contributed by atoms with E-state index in [-0.39, 0.29) is 35.5 Å². The van der Waals surface area contributed by atoms with Crippen molar-refractivity contribution in [1.29, 1.82) is 0 Å². The molecule has 1 unspecified atom stereocenters. The Labute approximate surface area is 127 Å². The highest BCUT2D eigenvalue weighted by molar-refractivity contribution is 6.30. The zero-order valence-electron chi connectivity index (χ0n) is 11.5. The highest BCUT2D eigenvalue weighted by atomic mass is 35.5. The Morgan fingerprint density at radius 3 is 2.76 bits per heavy atom. The Hall–Kier alpha value is -1.62. The van der Waals surface area contributed by atoms with Crippen LogP contribution in [0, 0.1) is 5.82 Å². The fraction of sp³-hybridized carbons (Fsp3) is 0.467. The topological polar surface area (TPSA) is 40.6 Å². The molecule has 3 rings (SSSR count). The molecular formula is C15H16ClFN2O2. The van der Waals surface area contributed by atoms with Crippen molar-refractivity contribution in [3.63, 3.8) is 0 Å². The molecule has 2 fully saturated rings. The number of hydrogen-bond acceptors (Lipinski definition) is 2. The van der Waals surface area contributed by atoms with Crippen LogP contribution in [0.3, 0.4) is 0 Å². The molecule has 2 heterocycles. The molecule has 0 aliphatic carbocycles. The molecule has 1 aromatic carbocycles. The van der Waals surface area contributed by atoms with Gasteiger partial charge in [-0.2, -0.15) is 0 Å². The molecule has 0 saturated carbocycles. The normalized spacial score (nSPS) is 23.0. The Bertz CT molecular complexity index is 593. The molecule has 4 nitrogen and oxygen atoms in total. The van der Waals surface area contributed by atoms with Crippen molar-refractivity contribution in [2.75, 3.05) is 18.0 Å². The molecule has 1 aromatic rings. The van der Waals surface area contributed by atoms with Gasteiger partial charge in [0.25, 0.3) is 0 Å². The summed E-state index contributed by atoms with van der Waals surface area (Å²) < 4.78 is 14.1. The van der Waals surface area contributed by atoms with Crippen LogP contribution in [0.1, 0.15) is 25.7 Å². The van der Waals surface area contributed by atoms with E-state index in [0.717, 1.165) is 12.8 Å². The van der Waals surface area contributed by atoms with E-state index in [1.165, 1.54) is 17.0 Å². The van der Waals surface area contributed by atoms with Crippen LogP contribution in [0.25, 0.3) is 0 Å². The molecule has 2 amide bonds. The third-order valence-corrected chi connectivity index (χ3v) is 4.36. The number of carbonyl (C=O) groups is 2. The smallest absolute Gasteiger partial charge is 0.249 e. The Morgan fingerprint density at radius 1 is 1.19 bits per heavy atom. The van der Waals surface area contributed by atoms with Gasteiger partial charge in [-0.3, -0.25) is 9.59 Å². The maximum Gasteiger partial charge on any atom is 0.249 e. The Morgan fingerprint density at radius 2 is 2.00 bits per heavy atom. The lowest BCUT2D eigenvalue weighted by atomic mass is 10.0. The average molecular weight is 311 g/mol. The number of amides is 2. The number of rotatable bonds is 1. The van der Waals surface area contributed by atoms with Crippen molar-refractivity contribution in [1.82, 2.24) is 4.90 Å². The van der Waals surface area contributed by atoms with Gasteiger partial charge in [0, 0.05) is 24.5 Å². The first-order valence-electron chi connectivity index (χ1n) is 7.14. The molecule has 0 radical (unpaired) electrons. The van der Waals surface area contributed by atoms with Gasteiger partial charge in [-0.25, -0.2) is 4.39 Å². The van der Waals surface area contributed by atoms with Crippen LogP contribution < -0.4 is 4.90 Å². The van der Waals surface area contributed by atoms with Crippen LogP contribution in [0.15, 0.2) is 18.2 Å². The Balaban J connectivity index is 1.95. The third-order valence-electron chi connectivity index (χ3n) is 4.12. The monoisotopic (exact) mass is 310 g/mol. The van der Waals surface area contributed by atoms with Gasteiger partial charge >= 0.3 is 0 Å². The Kier molecular flexibility index (Phi) is 3.85. The van der Waals surface area contributed by atoms with Gasteiger partial charge in [-0.15, -0.1) is 0 Å². The molecule has 112 valence electrons. The summed E-state index contributed by atoms with van der Waals surface area (Å²) in [5, 5.41) is 0.286. The lowest BCUT2D eigenvalue weighted by Crippen LogP contribution is -2.50. The summed E-state index contributed by atoms with van der Waals surface area (Å²) in [7, 11) is 0. The van der Waals surface area contributed by atoms with Crippen molar-refractivity contribution in [3.8, 4) is 0 Å². The minimum Gasteiger partial charge on any atom is -0.331 e. The van der Waals surface area contributed by atoms with Gasteiger partial charge in [-0.05, 0) is 37.5 Å². The van der Waals surface area contributed by atoms with Crippen molar-refractivity contribution in [3.05, 3.63) is 29.0 Å². The second kappa shape index (κ2) is 5.64. The van der Waals surface area contributed by atoms with Crippen LogP contribution in [0.2, 0.25) is 5.02 Å². The van der Waals surface area contributed by atoms with E-state index < -0.39 is 11.9 Å². The summed E-state index contributed by atoms with van der Waals surface area (Å²) in [6.07, 6.45) is 2.71. The summed E-state index contributed by atoms with van der Waals surface area (Å²) in [4.78, 5) is 27.9. The summed E-state index contributed by atoms with van der Waals surface area (Å²) in [6.45, 7) is 0.829. The van der Waals surface area contributed by atoms with E-state index >= 15 is 0 Å². The molecule has 1 atom stereocenters. The van der Waals surface area contributed by atoms with Crippen LogP contribution in [0.4, 0.5) is 10.1 Å². The number of halogens is 2. The second-order valence-corrected chi connectivity index (χ2v) is 5.87. The number of piperidine rings is 1. The summed E-state index contributed by atoms with van der Waals surface area (Å²) in [6, 6.07) is 3.79. The number of nitrogens with zero attached hydrogens (tertiary/aromatic N) is 2. The number of anilines is 1. The van der Waals surface area contributed by atoms with Crippen LogP contribution >= 0.6 is 11.6 Å². The van der Waals surface area contributed by atoms with Crippen LogP contribution in [0.5, 0.6) is 0 Å². The fourth-order valence-electron chi connectivity index (χ4n) is 3.07. The van der Waals surface area contributed by atoms with Crippen molar-refractivity contribution < 1.29 is 14.0 Å². The summed E-state index contributed by atoms with van der Waals surface area (Å²) in [5.74, 6) is -0.751. The van der Waals surface area contributed by atoms with Gasteiger partial charge in [0.05, 0.1) is 5.69 Å². The highest BCUT2D eigenvalue weighted by Gasteiger charge is 2.38. The fourth-order valence-corrected chi connectivity index (χ4v) is 3.23. The zero-order chi connectivity index (χ0) is 15.0. The van der Waals surface area contributed by atoms with Crippen molar-refractivity contribution in [2.45, 2.75) is 31.7 Å². The van der Waals surface area contributed by atoms with E-state index in [1.807, 2.05) is 0 Å². The molecule has 2 saturated heterocycles. The van der Waals surface area contributed by atoms with Crippen molar-refractivity contribution >= 4 is 29.1 Å². The minimum atomic E-state index is -0.535. The summed E-state index contributed by atoms with van der Waals surface area (Å²) in [5.41, 5.74) is 0.199. The molecule has 6 heteroatoms. The van der Waals surface area contributed by atoms with Gasteiger partial charge in [-0.1, -0.05) is 11.6 Å². The van der Waals surface area contributed by atoms with Crippen LogP contribution in [-0.2, 0) is 9.59 Å². The third kappa shape index (κ3) is 2.62. The molecule has 2 aliphatic rings. The van der Waals surface area contributed by atoms with E-state index in [9.17, 15) is 14.0 Å². The van der Waals surface area contributed by atoms with E-state index in [1.54, 1.807) is 11.0 Å². The van der Waals surface area contributed by atoms with Gasteiger partial charge in [0.15, 0.2) is 0 Å². The minimum absolute atomic E-state index is 0.0232. The van der Waals surface area contributed by atoms with Gasteiger partial charge in [0.2, 0.25) is 11.8 Å². The number of hydrogen-bond donors (Lipinski definition) is 0. The largest absolute Gasteiger partial charge is 0.331 e. The second-order valence-electron chi connectivity index (χ2n) is 5.43. The average Bonchev–Trinajstić information content (AvgIpc) is 2.59. The van der Waals surface area contributed by atoms with E-state index in [2.05, 4.69) is 0 Å². The molecule has 21 heavy (non-hydrogen) atoms. The van der Waals surface area contributed by atoms with Gasteiger partial charge in [0.1, 0.15) is 11.9 Å². The first-order valence-corrected chi connectivity index (χ1v) is 7.51.